The normalized spacial score (nSPS) is 11.4. The second-order valence-corrected chi connectivity index (χ2v) is 16.7. The van der Waals surface area contributed by atoms with Crippen molar-refractivity contribution in [3.05, 3.63) is 197 Å². The highest BCUT2D eigenvalue weighted by Crippen LogP contribution is 2.41. The highest BCUT2D eigenvalue weighted by atomic mass is 15.1. The Labute approximate surface area is 370 Å². The van der Waals surface area contributed by atoms with E-state index in [-0.39, 0.29) is 0 Å². The zero-order chi connectivity index (χ0) is 43.6. The maximum absolute atomic E-state index is 10.4. The van der Waals surface area contributed by atoms with Gasteiger partial charge >= 0.3 is 0 Å². The maximum atomic E-state index is 10.4. The van der Waals surface area contributed by atoms with E-state index >= 15 is 0 Å². The Hall–Kier alpha value is -8.65. The molecular formula is C57H39N7. The fourth-order valence-corrected chi connectivity index (χ4v) is 9.24. The van der Waals surface area contributed by atoms with Gasteiger partial charge in [0.15, 0.2) is 17.5 Å². The average Bonchev–Trinajstić information content (AvgIpc) is 3.81. The van der Waals surface area contributed by atoms with E-state index in [1.54, 1.807) is 0 Å². The molecule has 3 heterocycles. The quantitative estimate of drug-likeness (QED) is 0.166. The molecule has 0 bridgehead atoms. The van der Waals surface area contributed by atoms with Gasteiger partial charge in [-0.1, -0.05) is 101 Å². The van der Waals surface area contributed by atoms with Crippen molar-refractivity contribution in [2.45, 2.75) is 27.7 Å². The Morgan fingerprint density at radius 1 is 0.375 bits per heavy atom. The topological polar surface area (TPSA) is 96.1 Å². The second-order valence-electron chi connectivity index (χ2n) is 16.7. The van der Waals surface area contributed by atoms with Crippen molar-refractivity contribution in [2.75, 3.05) is 0 Å². The summed E-state index contributed by atoms with van der Waals surface area (Å²) in [7, 11) is 0. The number of aromatic nitrogens is 5. The minimum atomic E-state index is 0.434. The van der Waals surface area contributed by atoms with Crippen LogP contribution in [0.5, 0.6) is 0 Å². The van der Waals surface area contributed by atoms with Crippen molar-refractivity contribution in [2.24, 2.45) is 0 Å². The fraction of sp³-hybridized carbons (Fsp3) is 0.0702. The second kappa shape index (κ2) is 15.1. The van der Waals surface area contributed by atoms with Crippen LogP contribution in [-0.2, 0) is 0 Å². The summed E-state index contributed by atoms with van der Waals surface area (Å²) in [4.78, 5) is 16.0. The molecule has 7 nitrogen and oxygen atoms in total. The van der Waals surface area contributed by atoms with Crippen LogP contribution >= 0.6 is 0 Å². The predicted octanol–water partition coefficient (Wildman–Crippen LogP) is 13.7. The van der Waals surface area contributed by atoms with Crippen LogP contribution in [0.4, 0.5) is 0 Å². The molecule has 302 valence electrons. The van der Waals surface area contributed by atoms with Crippen LogP contribution in [0.2, 0.25) is 0 Å². The Morgan fingerprint density at radius 2 is 0.875 bits per heavy atom. The van der Waals surface area contributed by atoms with Gasteiger partial charge in [0.05, 0.1) is 56.7 Å². The molecule has 0 saturated carbocycles. The van der Waals surface area contributed by atoms with Crippen molar-refractivity contribution >= 4 is 43.6 Å². The van der Waals surface area contributed by atoms with E-state index in [1.807, 2.05) is 78.9 Å². The van der Waals surface area contributed by atoms with Crippen molar-refractivity contribution in [3.63, 3.8) is 0 Å². The lowest BCUT2D eigenvalue weighted by Crippen LogP contribution is -2.06. The minimum Gasteiger partial charge on any atom is -0.308 e. The number of aryl methyl sites for hydroxylation is 4. The van der Waals surface area contributed by atoms with Gasteiger partial charge in [0.1, 0.15) is 0 Å². The molecule has 0 unspecified atom stereocenters. The molecular weight excluding hydrogens is 783 g/mol. The summed E-state index contributed by atoms with van der Waals surface area (Å²) in [6, 6.07) is 60.7. The van der Waals surface area contributed by atoms with Gasteiger partial charge in [-0.15, -0.1) is 0 Å². The highest BCUT2D eigenvalue weighted by molar-refractivity contribution is 6.11. The van der Waals surface area contributed by atoms with Crippen LogP contribution in [0.1, 0.15) is 33.4 Å². The lowest BCUT2D eigenvalue weighted by atomic mass is 9.97. The third kappa shape index (κ3) is 6.30. The van der Waals surface area contributed by atoms with E-state index in [4.69, 9.17) is 15.0 Å². The van der Waals surface area contributed by atoms with Crippen molar-refractivity contribution in [3.8, 4) is 68.8 Å². The number of hydrogen-bond donors (Lipinski definition) is 0. The van der Waals surface area contributed by atoms with Crippen LogP contribution in [0.25, 0.3) is 100 Å². The minimum absolute atomic E-state index is 0.434. The first-order chi connectivity index (χ1) is 31.3. The monoisotopic (exact) mass is 821 g/mol. The molecule has 0 atom stereocenters. The van der Waals surface area contributed by atoms with Crippen LogP contribution < -0.4 is 0 Å². The van der Waals surface area contributed by atoms with Gasteiger partial charge in [-0.2, -0.15) is 10.5 Å². The molecule has 0 aliphatic rings. The third-order valence-corrected chi connectivity index (χ3v) is 12.3. The summed E-state index contributed by atoms with van der Waals surface area (Å²) < 4.78 is 4.56. The van der Waals surface area contributed by atoms with Crippen LogP contribution in [0.15, 0.2) is 164 Å². The first kappa shape index (κ1) is 38.3. The van der Waals surface area contributed by atoms with E-state index in [0.717, 1.165) is 77.2 Å². The number of nitriles is 2. The molecule has 11 rings (SSSR count). The molecule has 0 fully saturated rings. The SMILES string of the molecule is Cc1ccc2c(c1)c1cc(C)ccc1n2-c1ccc(C#N)cc1-c1nc(-c2ccccc2)nc(-c2ccc(-c3ccccc3C#N)cc2-n2c3ccc(C)cc3c3cc(C)ccc32)n1. The highest BCUT2D eigenvalue weighted by Gasteiger charge is 2.24. The fourth-order valence-electron chi connectivity index (χ4n) is 9.24. The molecule has 7 heteroatoms. The Kier molecular flexibility index (Phi) is 9.01. The first-order valence-electron chi connectivity index (χ1n) is 21.3. The molecule has 64 heavy (non-hydrogen) atoms. The van der Waals surface area contributed by atoms with E-state index in [1.165, 1.54) is 22.3 Å². The van der Waals surface area contributed by atoms with Crippen LogP contribution in [-0.4, -0.2) is 24.1 Å². The molecule has 0 aliphatic carbocycles. The van der Waals surface area contributed by atoms with Crippen LogP contribution in [0.3, 0.4) is 0 Å². The average molecular weight is 822 g/mol. The lowest BCUT2D eigenvalue weighted by Gasteiger charge is -2.18. The molecule has 0 aliphatic heterocycles. The molecule has 0 spiro atoms. The number of nitrogens with zero attached hydrogens (tertiary/aromatic N) is 7. The van der Waals surface area contributed by atoms with Gasteiger partial charge in [0, 0.05) is 38.2 Å². The van der Waals surface area contributed by atoms with Gasteiger partial charge in [-0.3, -0.25) is 0 Å². The van der Waals surface area contributed by atoms with E-state index in [9.17, 15) is 10.5 Å². The molecule has 0 saturated heterocycles. The molecule has 0 radical (unpaired) electrons. The van der Waals surface area contributed by atoms with Gasteiger partial charge in [-0.05, 0) is 124 Å². The standard InChI is InChI=1S/C57H39N7/c1-34-14-21-49-44(26-34)45-27-35(2)15-22-50(45)63(49)53-25-18-38(32-58)30-48(53)57-61-55(39-10-6-5-7-11-39)60-56(62-57)43-20-19-40(42-13-9-8-12-41(42)33-59)31-54(43)64-51-23-16-36(3)28-46(51)47-29-37(4)17-24-52(47)64/h5-31H,1-4H3. The zero-order valence-corrected chi connectivity index (χ0v) is 35.7. The lowest BCUT2D eigenvalue weighted by molar-refractivity contribution is 1.06. The summed E-state index contributed by atoms with van der Waals surface area (Å²) >= 11 is 0. The number of rotatable bonds is 6. The van der Waals surface area contributed by atoms with E-state index in [0.29, 0.717) is 34.2 Å². The molecule has 3 aromatic heterocycles. The van der Waals surface area contributed by atoms with Gasteiger partial charge in [0.2, 0.25) is 0 Å². The maximum Gasteiger partial charge on any atom is 0.166 e. The predicted molar refractivity (Wildman–Crippen MR) is 259 cm³/mol. The summed E-state index contributed by atoms with van der Waals surface area (Å²) in [5, 5.41) is 25.2. The molecule has 0 amide bonds. The first-order valence-corrected chi connectivity index (χ1v) is 21.3. The number of benzene rings is 8. The summed E-state index contributed by atoms with van der Waals surface area (Å²) in [5.41, 5.74) is 15.7. The van der Waals surface area contributed by atoms with Gasteiger partial charge < -0.3 is 9.13 Å². The van der Waals surface area contributed by atoms with Gasteiger partial charge in [0.25, 0.3) is 0 Å². The largest absolute Gasteiger partial charge is 0.308 e. The van der Waals surface area contributed by atoms with Crippen molar-refractivity contribution in [1.29, 1.82) is 10.5 Å². The van der Waals surface area contributed by atoms with E-state index in [2.05, 4.69) is 134 Å². The van der Waals surface area contributed by atoms with Crippen molar-refractivity contribution in [1.82, 2.24) is 24.1 Å². The molecule has 0 N–H and O–H groups in total. The Bertz CT molecular complexity index is 3680. The number of hydrogen-bond acceptors (Lipinski definition) is 5. The number of fused-ring (bicyclic) bond motifs is 6. The van der Waals surface area contributed by atoms with Crippen molar-refractivity contribution < 1.29 is 0 Å². The Balaban J connectivity index is 1.24. The van der Waals surface area contributed by atoms with Gasteiger partial charge in [-0.25, -0.2) is 15.0 Å². The summed E-state index contributed by atoms with van der Waals surface area (Å²) in [5.74, 6) is 1.40. The summed E-state index contributed by atoms with van der Waals surface area (Å²) in [6.45, 7) is 8.48. The third-order valence-electron chi connectivity index (χ3n) is 12.3. The molecule has 8 aromatic carbocycles. The van der Waals surface area contributed by atoms with Crippen LogP contribution in [0, 0.1) is 50.4 Å². The Morgan fingerprint density at radius 3 is 1.42 bits per heavy atom. The van der Waals surface area contributed by atoms with E-state index < -0.39 is 0 Å². The molecule has 11 aromatic rings. The smallest absolute Gasteiger partial charge is 0.166 e. The summed E-state index contributed by atoms with van der Waals surface area (Å²) in [6.07, 6.45) is 0. The zero-order valence-electron chi connectivity index (χ0n) is 35.7.